The van der Waals surface area contributed by atoms with Crippen molar-refractivity contribution in [3.63, 3.8) is 0 Å². The van der Waals surface area contributed by atoms with Crippen molar-refractivity contribution in [1.82, 2.24) is 5.32 Å². The Morgan fingerprint density at radius 2 is 1.76 bits per heavy atom. The smallest absolute Gasteiger partial charge is 0.272 e. The van der Waals surface area contributed by atoms with E-state index in [9.17, 15) is 4.79 Å². The fraction of sp³-hybridized carbons (Fsp3) is 0.300. The highest BCUT2D eigenvalue weighted by Crippen LogP contribution is 2.33. The molecule has 0 bridgehead atoms. The van der Waals surface area contributed by atoms with E-state index in [1.165, 1.54) is 19.3 Å². The molecule has 190 valence electrons. The van der Waals surface area contributed by atoms with Crippen LogP contribution in [0.5, 0.6) is 5.75 Å². The van der Waals surface area contributed by atoms with E-state index >= 15 is 0 Å². The minimum atomic E-state index is -0.799. The third kappa shape index (κ3) is 6.00. The second-order valence-electron chi connectivity index (χ2n) is 9.57. The Bertz CT molecular complexity index is 1290. The van der Waals surface area contributed by atoms with Gasteiger partial charge in [0.1, 0.15) is 12.4 Å². The SMILES string of the molecule is CN1C(=O)C(NC(=S)Nc2cccc(OCc3ccccc3)c2)N=C(C2CCCCC2)c2ccccc21. The number of hydrogen-bond acceptors (Lipinski definition) is 4. The summed E-state index contributed by atoms with van der Waals surface area (Å²) in [5, 5.41) is 6.71. The second kappa shape index (κ2) is 11.6. The van der Waals surface area contributed by atoms with Crippen molar-refractivity contribution in [2.75, 3.05) is 17.3 Å². The molecule has 0 radical (unpaired) electrons. The van der Waals surface area contributed by atoms with Crippen LogP contribution in [0.3, 0.4) is 0 Å². The number of fused-ring (bicyclic) bond motifs is 1. The van der Waals surface area contributed by atoms with E-state index in [4.69, 9.17) is 21.9 Å². The minimum absolute atomic E-state index is 0.137. The molecule has 0 aromatic heterocycles. The molecule has 0 saturated heterocycles. The highest BCUT2D eigenvalue weighted by atomic mass is 32.1. The van der Waals surface area contributed by atoms with E-state index in [-0.39, 0.29) is 5.91 Å². The van der Waals surface area contributed by atoms with Crippen molar-refractivity contribution in [3.05, 3.63) is 90.0 Å². The van der Waals surface area contributed by atoms with Gasteiger partial charge in [-0.2, -0.15) is 0 Å². The fourth-order valence-electron chi connectivity index (χ4n) is 5.04. The monoisotopic (exact) mass is 512 g/mol. The van der Waals surface area contributed by atoms with Crippen LogP contribution in [-0.2, 0) is 11.4 Å². The molecule has 6 nitrogen and oxygen atoms in total. The van der Waals surface area contributed by atoms with E-state index in [0.717, 1.165) is 46.8 Å². The first kappa shape index (κ1) is 25.0. The number of benzodiazepines with no additional fused rings is 1. The molecule has 1 atom stereocenters. The van der Waals surface area contributed by atoms with Gasteiger partial charge in [-0.25, -0.2) is 0 Å². The zero-order valence-electron chi connectivity index (χ0n) is 21.0. The molecule has 1 aliphatic carbocycles. The van der Waals surface area contributed by atoms with E-state index < -0.39 is 6.17 Å². The zero-order chi connectivity index (χ0) is 25.6. The Hall–Kier alpha value is -3.71. The number of benzene rings is 3. The maximum atomic E-state index is 13.4. The van der Waals surface area contributed by atoms with Crippen molar-refractivity contribution in [2.24, 2.45) is 10.9 Å². The predicted molar refractivity (Wildman–Crippen MR) is 153 cm³/mol. The molecule has 1 unspecified atom stereocenters. The molecular weight excluding hydrogens is 480 g/mol. The molecule has 1 aliphatic heterocycles. The quantitative estimate of drug-likeness (QED) is 0.401. The largest absolute Gasteiger partial charge is 0.489 e. The van der Waals surface area contributed by atoms with Crippen LogP contribution < -0.4 is 20.3 Å². The number of likely N-dealkylation sites (N-methyl/N-ethyl adjacent to an activating group) is 1. The van der Waals surface area contributed by atoms with Crippen LogP contribution in [0.25, 0.3) is 0 Å². The van der Waals surface area contributed by atoms with Crippen LogP contribution in [0.1, 0.15) is 43.2 Å². The lowest BCUT2D eigenvalue weighted by Crippen LogP contribution is -2.47. The molecule has 0 spiro atoms. The number of thiocarbonyl (C=S) groups is 1. The van der Waals surface area contributed by atoms with Crippen molar-refractivity contribution >= 4 is 40.3 Å². The number of rotatable bonds is 6. The summed E-state index contributed by atoms with van der Waals surface area (Å²) in [6.45, 7) is 0.481. The molecule has 1 fully saturated rings. The van der Waals surface area contributed by atoms with Crippen molar-refractivity contribution in [3.8, 4) is 5.75 Å². The average Bonchev–Trinajstić information content (AvgIpc) is 3.04. The summed E-state index contributed by atoms with van der Waals surface area (Å²) >= 11 is 5.62. The number of nitrogens with one attached hydrogen (secondary N) is 2. The van der Waals surface area contributed by atoms with E-state index in [2.05, 4.69) is 16.7 Å². The number of carbonyl (C=O) groups is 1. The standard InChI is InChI=1S/C30H32N4O2S/c1-34-26-18-9-8-17-25(26)27(22-13-6-3-7-14-22)32-28(29(34)35)33-30(37)31-23-15-10-16-24(19-23)36-20-21-11-4-2-5-12-21/h2,4-5,8-12,15-19,22,28H,3,6-7,13-14,20H2,1H3,(H2,31,33,37). The second-order valence-corrected chi connectivity index (χ2v) is 9.98. The Balaban J connectivity index is 1.31. The highest BCUT2D eigenvalue weighted by molar-refractivity contribution is 7.80. The van der Waals surface area contributed by atoms with Gasteiger partial charge in [-0.1, -0.05) is 73.9 Å². The maximum absolute atomic E-state index is 13.4. The van der Waals surface area contributed by atoms with Gasteiger partial charge in [-0.3, -0.25) is 9.79 Å². The zero-order valence-corrected chi connectivity index (χ0v) is 21.8. The van der Waals surface area contributed by atoms with Gasteiger partial charge in [0.15, 0.2) is 5.11 Å². The number of ether oxygens (including phenoxy) is 1. The molecule has 2 aliphatic rings. The average molecular weight is 513 g/mol. The van der Waals surface area contributed by atoms with Crippen molar-refractivity contribution in [1.29, 1.82) is 0 Å². The molecule has 1 saturated carbocycles. The minimum Gasteiger partial charge on any atom is -0.489 e. The Labute approximate surface area is 223 Å². The lowest BCUT2D eigenvalue weighted by molar-refractivity contribution is -0.119. The van der Waals surface area contributed by atoms with Crippen LogP contribution >= 0.6 is 12.2 Å². The summed E-state index contributed by atoms with van der Waals surface area (Å²) in [6, 6.07) is 25.7. The first-order valence-corrected chi connectivity index (χ1v) is 13.3. The topological polar surface area (TPSA) is 66.0 Å². The molecule has 2 N–H and O–H groups in total. The Kier molecular flexibility index (Phi) is 7.80. The number of anilines is 2. The van der Waals surface area contributed by atoms with Gasteiger partial charge in [-0.15, -0.1) is 0 Å². The van der Waals surface area contributed by atoms with Crippen LogP contribution in [0, 0.1) is 5.92 Å². The summed E-state index contributed by atoms with van der Waals surface area (Å²) in [5.41, 5.74) is 4.81. The van der Waals surface area contributed by atoms with Gasteiger partial charge in [0.25, 0.3) is 5.91 Å². The maximum Gasteiger partial charge on any atom is 0.272 e. The Morgan fingerprint density at radius 1 is 1.00 bits per heavy atom. The first-order chi connectivity index (χ1) is 18.1. The highest BCUT2D eigenvalue weighted by Gasteiger charge is 2.33. The fourth-order valence-corrected chi connectivity index (χ4v) is 5.27. The normalized spacial score (nSPS) is 17.9. The molecule has 3 aromatic rings. The third-order valence-corrected chi connectivity index (χ3v) is 7.19. The summed E-state index contributed by atoms with van der Waals surface area (Å²) in [4.78, 5) is 20.1. The molecular formula is C30H32N4O2S. The van der Waals surface area contributed by atoms with Crippen LogP contribution in [0.2, 0.25) is 0 Å². The van der Waals surface area contributed by atoms with Crippen molar-refractivity contribution in [2.45, 2.75) is 44.9 Å². The molecule has 37 heavy (non-hydrogen) atoms. The van der Waals surface area contributed by atoms with Gasteiger partial charge < -0.3 is 20.3 Å². The van der Waals surface area contributed by atoms with Crippen molar-refractivity contribution < 1.29 is 9.53 Å². The van der Waals surface area contributed by atoms with Crippen LogP contribution in [0.15, 0.2) is 83.9 Å². The number of nitrogens with zero attached hydrogens (tertiary/aromatic N) is 2. The third-order valence-electron chi connectivity index (χ3n) is 6.97. The first-order valence-electron chi connectivity index (χ1n) is 12.9. The number of hydrogen-bond donors (Lipinski definition) is 2. The number of para-hydroxylation sites is 1. The molecule has 7 heteroatoms. The van der Waals surface area contributed by atoms with E-state index in [1.54, 1.807) is 11.9 Å². The summed E-state index contributed by atoms with van der Waals surface area (Å²) in [7, 11) is 1.80. The van der Waals surface area contributed by atoms with Gasteiger partial charge in [-0.05, 0) is 48.8 Å². The van der Waals surface area contributed by atoms with Gasteiger partial charge in [0, 0.05) is 30.3 Å². The lowest BCUT2D eigenvalue weighted by Gasteiger charge is -2.25. The molecule has 1 heterocycles. The van der Waals surface area contributed by atoms with Crippen LogP contribution in [0.4, 0.5) is 11.4 Å². The predicted octanol–water partition coefficient (Wildman–Crippen LogP) is 5.92. The number of aliphatic imine (C=N–C) groups is 1. The van der Waals surface area contributed by atoms with Crippen LogP contribution in [-0.4, -0.2) is 29.9 Å². The van der Waals surface area contributed by atoms with Gasteiger partial charge in [0.2, 0.25) is 6.17 Å². The number of amides is 1. The number of carbonyl (C=O) groups excluding carboxylic acids is 1. The van der Waals surface area contributed by atoms with Gasteiger partial charge in [0.05, 0.1) is 11.4 Å². The molecule has 3 aromatic carbocycles. The van der Waals surface area contributed by atoms with Gasteiger partial charge >= 0.3 is 0 Å². The lowest BCUT2D eigenvalue weighted by atomic mass is 9.83. The summed E-state index contributed by atoms with van der Waals surface area (Å²) in [6.07, 6.45) is 5.03. The van der Waals surface area contributed by atoms with E-state index in [1.807, 2.05) is 72.8 Å². The summed E-state index contributed by atoms with van der Waals surface area (Å²) < 4.78 is 5.94. The summed E-state index contributed by atoms with van der Waals surface area (Å²) in [5.74, 6) is 0.941. The molecule has 5 rings (SSSR count). The molecule has 1 amide bonds. The van der Waals surface area contributed by atoms with E-state index in [0.29, 0.717) is 17.6 Å². The Morgan fingerprint density at radius 3 is 2.57 bits per heavy atom.